The van der Waals surface area contributed by atoms with Crippen molar-refractivity contribution >= 4 is 33.6 Å². The van der Waals surface area contributed by atoms with Crippen molar-refractivity contribution in [1.82, 2.24) is 9.55 Å². The molecule has 0 aliphatic rings. The highest BCUT2D eigenvalue weighted by atomic mass is 32.1. The number of aryl methyl sites for hydroxylation is 1. The number of carboxylic acid groups (broad SMARTS) is 1. The third-order valence-corrected chi connectivity index (χ3v) is 4.32. The zero-order valence-electron chi connectivity index (χ0n) is 12.0. The number of rotatable bonds is 3. The molecule has 1 N–H and O–H groups in total. The number of carbonyl (C=O) groups is 1. The van der Waals surface area contributed by atoms with Gasteiger partial charge in [0, 0.05) is 19.8 Å². The van der Waals surface area contributed by atoms with E-state index < -0.39 is 5.97 Å². The van der Waals surface area contributed by atoms with Crippen LogP contribution in [0.25, 0.3) is 16.0 Å². The summed E-state index contributed by atoms with van der Waals surface area (Å²) in [6, 6.07) is 9.73. The normalized spacial score (nSPS) is 11.0. The first-order chi connectivity index (χ1) is 9.97. The minimum absolute atomic E-state index is 0.304. The van der Waals surface area contributed by atoms with Gasteiger partial charge >= 0.3 is 5.97 Å². The van der Waals surface area contributed by atoms with Gasteiger partial charge in [-0.3, -0.25) is 4.57 Å². The summed E-state index contributed by atoms with van der Waals surface area (Å²) in [6.07, 6.45) is 0. The Morgan fingerprint density at radius 1 is 1.29 bits per heavy atom. The number of imidazole rings is 1. The van der Waals surface area contributed by atoms with E-state index in [2.05, 4.69) is 4.98 Å². The average Bonchev–Trinajstić information content (AvgIpc) is 2.97. The van der Waals surface area contributed by atoms with Crippen molar-refractivity contribution in [2.45, 2.75) is 6.92 Å². The molecule has 0 aliphatic carbocycles. The summed E-state index contributed by atoms with van der Waals surface area (Å²) in [7, 11) is 3.85. The third-order valence-electron chi connectivity index (χ3n) is 3.22. The van der Waals surface area contributed by atoms with Crippen molar-refractivity contribution in [2.75, 3.05) is 19.0 Å². The SMILES string of the molecule is Cc1ccc(-n2c(N(C)C)nc3cc(C(=O)O)sc32)cc1. The lowest BCUT2D eigenvalue weighted by Crippen LogP contribution is -2.14. The Bertz CT molecular complexity index is 815. The molecule has 0 saturated heterocycles. The summed E-state index contributed by atoms with van der Waals surface area (Å²) in [5.41, 5.74) is 2.87. The summed E-state index contributed by atoms with van der Waals surface area (Å²) in [5, 5.41) is 9.14. The molecular weight excluding hydrogens is 286 g/mol. The lowest BCUT2D eigenvalue weighted by molar-refractivity contribution is 0.0702. The second kappa shape index (κ2) is 4.89. The van der Waals surface area contributed by atoms with E-state index in [4.69, 9.17) is 5.11 Å². The number of nitrogens with zero attached hydrogens (tertiary/aromatic N) is 3. The fourth-order valence-corrected chi connectivity index (χ4v) is 3.15. The molecule has 5 nitrogen and oxygen atoms in total. The van der Waals surface area contributed by atoms with Gasteiger partial charge in [0.1, 0.15) is 15.2 Å². The summed E-state index contributed by atoms with van der Waals surface area (Å²) >= 11 is 1.24. The lowest BCUT2D eigenvalue weighted by atomic mass is 10.2. The maximum absolute atomic E-state index is 11.1. The molecule has 0 fully saturated rings. The van der Waals surface area contributed by atoms with Crippen LogP contribution in [0.3, 0.4) is 0 Å². The van der Waals surface area contributed by atoms with Gasteiger partial charge in [-0.1, -0.05) is 17.7 Å². The molecule has 0 radical (unpaired) electrons. The highest BCUT2D eigenvalue weighted by molar-refractivity contribution is 7.20. The number of aromatic carboxylic acids is 1. The maximum Gasteiger partial charge on any atom is 0.346 e. The number of anilines is 1. The molecule has 3 aromatic rings. The minimum Gasteiger partial charge on any atom is -0.477 e. The van der Waals surface area contributed by atoms with E-state index in [-0.39, 0.29) is 0 Å². The van der Waals surface area contributed by atoms with Crippen molar-refractivity contribution in [3.05, 3.63) is 40.8 Å². The van der Waals surface area contributed by atoms with Crippen LogP contribution in [0.2, 0.25) is 0 Å². The Morgan fingerprint density at radius 3 is 2.52 bits per heavy atom. The highest BCUT2D eigenvalue weighted by Crippen LogP contribution is 2.32. The smallest absolute Gasteiger partial charge is 0.346 e. The Balaban J connectivity index is 2.28. The lowest BCUT2D eigenvalue weighted by Gasteiger charge is -2.14. The quantitative estimate of drug-likeness (QED) is 0.807. The number of thiophene rings is 1. The predicted octanol–water partition coefficient (Wildman–Crippen LogP) is 3.16. The van der Waals surface area contributed by atoms with Gasteiger partial charge in [0.25, 0.3) is 0 Å². The van der Waals surface area contributed by atoms with Crippen molar-refractivity contribution in [2.24, 2.45) is 0 Å². The van der Waals surface area contributed by atoms with Crippen molar-refractivity contribution in [3.8, 4) is 5.69 Å². The Labute approximate surface area is 126 Å². The first-order valence-electron chi connectivity index (χ1n) is 6.47. The fraction of sp³-hybridized carbons (Fsp3) is 0.200. The van der Waals surface area contributed by atoms with Gasteiger partial charge in [0.15, 0.2) is 0 Å². The minimum atomic E-state index is -0.917. The monoisotopic (exact) mass is 301 g/mol. The average molecular weight is 301 g/mol. The molecule has 0 bridgehead atoms. The van der Waals surface area contributed by atoms with E-state index in [9.17, 15) is 4.79 Å². The molecule has 0 amide bonds. The molecular formula is C15H15N3O2S. The molecule has 0 aliphatic heterocycles. The number of hydrogen-bond acceptors (Lipinski definition) is 4. The maximum atomic E-state index is 11.1. The standard InChI is InChI=1S/C15H15N3O2S/c1-9-4-6-10(7-5-9)18-13-11(16-15(18)17(2)3)8-12(21-13)14(19)20/h4-8H,1-3H3,(H,19,20). The van der Waals surface area contributed by atoms with Gasteiger partial charge in [0.2, 0.25) is 5.95 Å². The Hall–Kier alpha value is -2.34. The van der Waals surface area contributed by atoms with E-state index in [0.29, 0.717) is 10.4 Å². The first-order valence-corrected chi connectivity index (χ1v) is 7.29. The van der Waals surface area contributed by atoms with Crippen molar-refractivity contribution < 1.29 is 9.90 Å². The molecule has 0 atom stereocenters. The molecule has 0 saturated carbocycles. The second-order valence-corrected chi connectivity index (χ2v) is 6.11. The van der Waals surface area contributed by atoms with Crippen LogP contribution in [0.4, 0.5) is 5.95 Å². The fourth-order valence-electron chi connectivity index (χ4n) is 2.19. The predicted molar refractivity (Wildman–Crippen MR) is 85.0 cm³/mol. The molecule has 3 rings (SSSR count). The van der Waals surface area contributed by atoms with Crippen molar-refractivity contribution in [1.29, 1.82) is 0 Å². The van der Waals surface area contributed by atoms with E-state index in [1.165, 1.54) is 16.9 Å². The second-order valence-electron chi connectivity index (χ2n) is 5.08. The number of benzene rings is 1. The van der Waals surface area contributed by atoms with Gasteiger partial charge in [-0.2, -0.15) is 0 Å². The summed E-state index contributed by atoms with van der Waals surface area (Å²) in [5.74, 6) is -0.128. The number of carboxylic acids is 1. The first kappa shape index (κ1) is 13.6. The summed E-state index contributed by atoms with van der Waals surface area (Å²) in [6.45, 7) is 2.04. The van der Waals surface area contributed by atoms with E-state index in [1.807, 2.05) is 54.8 Å². The highest BCUT2D eigenvalue weighted by Gasteiger charge is 2.19. The van der Waals surface area contributed by atoms with Crippen LogP contribution in [0.5, 0.6) is 0 Å². The van der Waals surface area contributed by atoms with E-state index in [0.717, 1.165) is 16.5 Å². The van der Waals surface area contributed by atoms with Crippen LogP contribution in [0.15, 0.2) is 30.3 Å². The topological polar surface area (TPSA) is 58.4 Å². The Kier molecular flexibility index (Phi) is 3.17. The van der Waals surface area contributed by atoms with Crippen LogP contribution in [0.1, 0.15) is 15.2 Å². The van der Waals surface area contributed by atoms with Gasteiger partial charge in [0.05, 0.1) is 0 Å². The summed E-state index contributed by atoms with van der Waals surface area (Å²) < 4.78 is 1.99. The van der Waals surface area contributed by atoms with Crippen LogP contribution in [-0.2, 0) is 0 Å². The largest absolute Gasteiger partial charge is 0.477 e. The van der Waals surface area contributed by atoms with Crippen LogP contribution in [0, 0.1) is 6.92 Å². The summed E-state index contributed by atoms with van der Waals surface area (Å²) in [4.78, 5) is 18.8. The van der Waals surface area contributed by atoms with Crippen molar-refractivity contribution in [3.63, 3.8) is 0 Å². The van der Waals surface area contributed by atoms with Crippen LogP contribution >= 0.6 is 11.3 Å². The number of fused-ring (bicyclic) bond motifs is 1. The molecule has 2 aromatic heterocycles. The zero-order valence-corrected chi connectivity index (χ0v) is 12.8. The molecule has 0 unspecified atom stereocenters. The van der Waals surface area contributed by atoms with Gasteiger partial charge in [-0.25, -0.2) is 9.78 Å². The van der Waals surface area contributed by atoms with Crippen LogP contribution in [-0.4, -0.2) is 34.7 Å². The number of aromatic nitrogens is 2. The third kappa shape index (κ3) is 2.27. The molecule has 21 heavy (non-hydrogen) atoms. The van der Waals surface area contributed by atoms with Crippen LogP contribution < -0.4 is 4.90 Å². The van der Waals surface area contributed by atoms with E-state index in [1.54, 1.807) is 6.07 Å². The molecule has 1 aromatic carbocycles. The number of hydrogen-bond donors (Lipinski definition) is 1. The van der Waals surface area contributed by atoms with Gasteiger partial charge in [-0.05, 0) is 25.1 Å². The zero-order chi connectivity index (χ0) is 15.1. The van der Waals surface area contributed by atoms with E-state index >= 15 is 0 Å². The van der Waals surface area contributed by atoms with Gasteiger partial charge < -0.3 is 10.0 Å². The Morgan fingerprint density at radius 2 is 1.95 bits per heavy atom. The van der Waals surface area contributed by atoms with Gasteiger partial charge in [-0.15, -0.1) is 11.3 Å². The molecule has 0 spiro atoms. The molecule has 6 heteroatoms. The molecule has 2 heterocycles. The molecule has 108 valence electrons.